The molecule has 5 nitrogen and oxygen atoms in total. The number of ether oxygens (including phenoxy) is 1. The maximum absolute atomic E-state index is 12.0. The molecule has 1 unspecified atom stereocenters. The van der Waals surface area contributed by atoms with E-state index >= 15 is 0 Å². The van der Waals surface area contributed by atoms with Gasteiger partial charge in [-0.1, -0.05) is 6.92 Å². The van der Waals surface area contributed by atoms with Crippen molar-refractivity contribution in [1.82, 2.24) is 4.90 Å². The maximum Gasteiger partial charge on any atom is 0.328 e. The van der Waals surface area contributed by atoms with Crippen molar-refractivity contribution in [2.24, 2.45) is 5.92 Å². The minimum Gasteiger partial charge on any atom is -0.478 e. The van der Waals surface area contributed by atoms with E-state index in [2.05, 4.69) is 0 Å². The third-order valence-corrected chi connectivity index (χ3v) is 3.83. The Morgan fingerprint density at radius 3 is 2.86 bits per heavy atom. The Balaban J connectivity index is 2.52. The predicted molar refractivity (Wildman–Crippen MR) is 83.1 cm³/mol. The van der Waals surface area contributed by atoms with Gasteiger partial charge in [0.1, 0.15) is 0 Å². The number of carbonyl (C=O) groups excluding carboxylic acids is 1. The summed E-state index contributed by atoms with van der Waals surface area (Å²) in [6.07, 6.45) is 3.11. The molecule has 1 heterocycles. The number of amides is 1. The van der Waals surface area contributed by atoms with Crippen molar-refractivity contribution < 1.29 is 19.4 Å². The molecule has 1 aromatic rings. The SMILES string of the molecule is COCC(C)CC(=O)N(C)Cc1cc(/C=C/C(=O)O)cs1. The normalized spacial score (nSPS) is 12.5. The summed E-state index contributed by atoms with van der Waals surface area (Å²) in [5, 5.41) is 10.5. The second-order valence-electron chi connectivity index (χ2n) is 5.03. The average molecular weight is 311 g/mol. The van der Waals surface area contributed by atoms with E-state index in [0.717, 1.165) is 16.5 Å². The fraction of sp³-hybridized carbons (Fsp3) is 0.467. The van der Waals surface area contributed by atoms with Crippen LogP contribution in [0.25, 0.3) is 6.08 Å². The highest BCUT2D eigenvalue weighted by Gasteiger charge is 2.14. The number of thiophene rings is 1. The van der Waals surface area contributed by atoms with E-state index in [9.17, 15) is 9.59 Å². The number of carboxylic acids is 1. The average Bonchev–Trinajstić information content (AvgIpc) is 2.84. The largest absolute Gasteiger partial charge is 0.478 e. The first-order chi connectivity index (χ1) is 9.92. The minimum atomic E-state index is -0.970. The summed E-state index contributed by atoms with van der Waals surface area (Å²) < 4.78 is 5.03. The molecule has 0 aromatic carbocycles. The molecular weight excluding hydrogens is 290 g/mol. The highest BCUT2D eigenvalue weighted by molar-refractivity contribution is 7.10. The van der Waals surface area contributed by atoms with Gasteiger partial charge < -0.3 is 14.7 Å². The van der Waals surface area contributed by atoms with Gasteiger partial charge in [-0.25, -0.2) is 4.79 Å². The number of carboxylic acid groups (broad SMARTS) is 1. The van der Waals surface area contributed by atoms with Crippen LogP contribution < -0.4 is 0 Å². The number of hydrogen-bond donors (Lipinski definition) is 1. The number of aliphatic carboxylic acids is 1. The molecule has 0 fully saturated rings. The lowest BCUT2D eigenvalue weighted by Crippen LogP contribution is -2.28. The Hall–Kier alpha value is -1.66. The summed E-state index contributed by atoms with van der Waals surface area (Å²) in [6.45, 7) is 3.09. The molecule has 0 aliphatic heterocycles. The lowest BCUT2D eigenvalue weighted by Gasteiger charge is -2.18. The van der Waals surface area contributed by atoms with Crippen LogP contribution in [0.2, 0.25) is 0 Å². The Kier molecular flexibility index (Phi) is 7.11. The fourth-order valence-electron chi connectivity index (χ4n) is 1.85. The van der Waals surface area contributed by atoms with Crippen molar-refractivity contribution in [2.45, 2.75) is 19.9 Å². The van der Waals surface area contributed by atoms with Crippen LogP contribution in [0.3, 0.4) is 0 Å². The van der Waals surface area contributed by atoms with Crippen LogP contribution in [-0.2, 0) is 20.9 Å². The van der Waals surface area contributed by atoms with Crippen molar-refractivity contribution in [1.29, 1.82) is 0 Å². The molecule has 6 heteroatoms. The molecule has 21 heavy (non-hydrogen) atoms. The van der Waals surface area contributed by atoms with Crippen LogP contribution in [0, 0.1) is 5.92 Å². The summed E-state index contributed by atoms with van der Waals surface area (Å²) in [6, 6.07) is 1.90. The van der Waals surface area contributed by atoms with Crippen LogP contribution in [0.15, 0.2) is 17.5 Å². The maximum atomic E-state index is 12.0. The fourth-order valence-corrected chi connectivity index (χ4v) is 2.76. The van der Waals surface area contributed by atoms with E-state index in [1.807, 2.05) is 18.4 Å². The number of carbonyl (C=O) groups is 2. The smallest absolute Gasteiger partial charge is 0.328 e. The molecule has 0 radical (unpaired) electrons. The van der Waals surface area contributed by atoms with Gasteiger partial charge in [-0.2, -0.15) is 0 Å². The third kappa shape index (κ3) is 6.55. The molecule has 1 N–H and O–H groups in total. The zero-order valence-electron chi connectivity index (χ0n) is 12.5. The van der Waals surface area contributed by atoms with Crippen LogP contribution in [0.4, 0.5) is 0 Å². The van der Waals surface area contributed by atoms with Gasteiger partial charge >= 0.3 is 5.97 Å². The Labute approximate surface area is 128 Å². The molecule has 0 spiro atoms. The summed E-state index contributed by atoms with van der Waals surface area (Å²) in [5.41, 5.74) is 0.839. The lowest BCUT2D eigenvalue weighted by molar-refractivity contribution is -0.132. The summed E-state index contributed by atoms with van der Waals surface area (Å²) in [7, 11) is 3.40. The van der Waals surface area contributed by atoms with Crippen LogP contribution in [0.5, 0.6) is 0 Å². The van der Waals surface area contributed by atoms with E-state index in [1.165, 1.54) is 11.3 Å². The zero-order chi connectivity index (χ0) is 15.8. The van der Waals surface area contributed by atoms with Crippen molar-refractivity contribution in [2.75, 3.05) is 20.8 Å². The van der Waals surface area contributed by atoms with Crippen LogP contribution >= 0.6 is 11.3 Å². The van der Waals surface area contributed by atoms with Gasteiger partial charge in [-0.05, 0) is 29.0 Å². The molecule has 0 saturated heterocycles. The van der Waals surface area contributed by atoms with E-state index in [0.29, 0.717) is 19.6 Å². The van der Waals surface area contributed by atoms with E-state index in [4.69, 9.17) is 9.84 Å². The summed E-state index contributed by atoms with van der Waals surface area (Å²) >= 11 is 1.51. The highest BCUT2D eigenvalue weighted by Crippen LogP contribution is 2.18. The van der Waals surface area contributed by atoms with Gasteiger partial charge in [0, 0.05) is 38.1 Å². The quantitative estimate of drug-likeness (QED) is 0.749. The lowest BCUT2D eigenvalue weighted by atomic mass is 10.1. The molecule has 0 saturated carbocycles. The van der Waals surface area contributed by atoms with Crippen molar-refractivity contribution >= 4 is 29.3 Å². The number of nitrogens with zero attached hydrogens (tertiary/aromatic N) is 1. The van der Waals surface area contributed by atoms with Crippen LogP contribution in [0.1, 0.15) is 23.8 Å². The first-order valence-corrected chi connectivity index (χ1v) is 7.51. The Morgan fingerprint density at radius 2 is 2.24 bits per heavy atom. The van der Waals surface area contributed by atoms with E-state index < -0.39 is 5.97 Å². The molecule has 1 aromatic heterocycles. The van der Waals surface area contributed by atoms with Gasteiger partial charge in [0.05, 0.1) is 6.54 Å². The summed E-state index contributed by atoms with van der Waals surface area (Å²) in [4.78, 5) is 25.2. The number of rotatable bonds is 8. The van der Waals surface area contributed by atoms with Gasteiger partial charge in [-0.3, -0.25) is 4.79 Å². The second-order valence-corrected chi connectivity index (χ2v) is 6.03. The predicted octanol–water partition coefficient (Wildman–Crippen LogP) is 2.48. The summed E-state index contributed by atoms with van der Waals surface area (Å²) in [5.74, 6) is -0.694. The van der Waals surface area contributed by atoms with Crippen molar-refractivity contribution in [3.8, 4) is 0 Å². The molecular formula is C15H21NO4S. The van der Waals surface area contributed by atoms with Crippen molar-refractivity contribution in [3.05, 3.63) is 28.0 Å². The minimum absolute atomic E-state index is 0.0792. The monoisotopic (exact) mass is 311 g/mol. The Morgan fingerprint density at radius 1 is 1.52 bits per heavy atom. The second kappa shape index (κ2) is 8.59. The first-order valence-electron chi connectivity index (χ1n) is 6.63. The Bertz CT molecular complexity index is 510. The third-order valence-electron chi connectivity index (χ3n) is 2.89. The topological polar surface area (TPSA) is 66.8 Å². The highest BCUT2D eigenvalue weighted by atomic mass is 32.1. The first kappa shape index (κ1) is 17.4. The standard InChI is InChI=1S/C15H21NO4S/c1-11(9-20-3)6-14(17)16(2)8-13-7-12(10-21-13)4-5-15(18)19/h4-5,7,10-11H,6,8-9H2,1-3H3,(H,18,19)/b5-4+. The van der Waals surface area contributed by atoms with Crippen molar-refractivity contribution in [3.63, 3.8) is 0 Å². The van der Waals surface area contributed by atoms with Gasteiger partial charge in [0.2, 0.25) is 5.91 Å². The number of methoxy groups -OCH3 is 1. The molecule has 1 amide bonds. The van der Waals surface area contributed by atoms with E-state index in [1.54, 1.807) is 25.1 Å². The number of hydrogen-bond acceptors (Lipinski definition) is 4. The molecule has 0 aliphatic rings. The zero-order valence-corrected chi connectivity index (χ0v) is 13.4. The van der Waals surface area contributed by atoms with Crippen LogP contribution in [-0.4, -0.2) is 42.6 Å². The van der Waals surface area contributed by atoms with Gasteiger partial charge in [-0.15, -0.1) is 11.3 Å². The van der Waals surface area contributed by atoms with Gasteiger partial charge in [0.15, 0.2) is 0 Å². The van der Waals surface area contributed by atoms with Gasteiger partial charge in [0.25, 0.3) is 0 Å². The molecule has 0 aliphatic carbocycles. The van der Waals surface area contributed by atoms with E-state index in [-0.39, 0.29) is 11.8 Å². The molecule has 1 rings (SSSR count). The molecule has 116 valence electrons. The molecule has 0 bridgehead atoms. The molecule has 1 atom stereocenters.